The molecule has 50 heavy (non-hydrogen) atoms. The third-order valence-corrected chi connectivity index (χ3v) is 8.56. The van der Waals surface area contributed by atoms with Gasteiger partial charge in [-0.15, -0.1) is 0 Å². The van der Waals surface area contributed by atoms with Crippen molar-refractivity contribution in [3.05, 3.63) is 97.2 Å². The number of amides is 1. The lowest BCUT2D eigenvalue weighted by Crippen LogP contribution is -2.45. The van der Waals surface area contributed by atoms with Crippen LogP contribution in [-0.4, -0.2) is 34.9 Å². The predicted molar refractivity (Wildman–Crippen MR) is 220 cm³/mol. The van der Waals surface area contributed by atoms with Crippen LogP contribution < -0.4 is 5.32 Å². The molecule has 1 amide bonds. The van der Waals surface area contributed by atoms with Crippen LogP contribution in [0.1, 0.15) is 168 Å². The van der Waals surface area contributed by atoms with Gasteiger partial charge in [0.25, 0.3) is 0 Å². The van der Waals surface area contributed by atoms with Gasteiger partial charge in [-0.05, 0) is 70.6 Å². The van der Waals surface area contributed by atoms with Crippen molar-refractivity contribution in [2.75, 3.05) is 6.61 Å². The van der Waals surface area contributed by atoms with Gasteiger partial charge in [-0.25, -0.2) is 0 Å². The molecule has 0 radical (unpaired) electrons. The van der Waals surface area contributed by atoms with Gasteiger partial charge in [0.05, 0.1) is 18.8 Å². The highest BCUT2D eigenvalue weighted by Gasteiger charge is 2.17. The molecule has 3 N–H and O–H groups in total. The van der Waals surface area contributed by atoms with Crippen LogP contribution in [0.2, 0.25) is 0 Å². The molecule has 4 heteroatoms. The van der Waals surface area contributed by atoms with E-state index in [1.165, 1.54) is 83.5 Å². The Morgan fingerprint density at radius 1 is 0.500 bits per heavy atom. The fourth-order valence-corrected chi connectivity index (χ4v) is 5.45. The minimum atomic E-state index is -0.899. The van der Waals surface area contributed by atoms with Crippen LogP contribution in [0.3, 0.4) is 0 Å². The van der Waals surface area contributed by atoms with Crippen LogP contribution in [0.4, 0.5) is 0 Å². The number of hydrogen-bond donors (Lipinski definition) is 3. The highest BCUT2D eigenvalue weighted by atomic mass is 16.3. The minimum absolute atomic E-state index is 0.160. The summed E-state index contributed by atoms with van der Waals surface area (Å²) < 4.78 is 0. The molecule has 0 saturated carbocycles. The van der Waals surface area contributed by atoms with Crippen LogP contribution in [0.25, 0.3) is 0 Å². The third kappa shape index (κ3) is 36.6. The van der Waals surface area contributed by atoms with Crippen molar-refractivity contribution >= 4 is 5.91 Å². The Bertz CT molecular complexity index is 968. The molecule has 0 aromatic rings. The Morgan fingerprint density at radius 2 is 0.900 bits per heavy atom. The van der Waals surface area contributed by atoms with Crippen molar-refractivity contribution < 1.29 is 15.0 Å². The van der Waals surface area contributed by atoms with Crippen LogP contribution >= 0.6 is 0 Å². The smallest absolute Gasteiger partial charge is 0.220 e. The normalized spacial score (nSPS) is 14.1. The minimum Gasteiger partial charge on any atom is -0.394 e. The molecule has 284 valence electrons. The van der Waals surface area contributed by atoms with Gasteiger partial charge in [0.1, 0.15) is 0 Å². The number of hydrogen-bond acceptors (Lipinski definition) is 3. The Kier molecular flexibility index (Phi) is 38.5. The summed E-state index contributed by atoms with van der Waals surface area (Å²) in [5, 5.41) is 22.9. The Hall–Kier alpha value is -2.69. The summed E-state index contributed by atoms with van der Waals surface area (Å²) in [6.45, 7) is 4.13. The first-order chi connectivity index (χ1) is 24.7. The number of unbranched alkanes of at least 4 members (excludes halogenated alkanes) is 14. The highest BCUT2D eigenvalue weighted by molar-refractivity contribution is 5.76. The zero-order valence-corrected chi connectivity index (χ0v) is 32.4. The van der Waals surface area contributed by atoms with E-state index < -0.39 is 12.1 Å². The van der Waals surface area contributed by atoms with Gasteiger partial charge in [0.2, 0.25) is 5.91 Å². The molecule has 0 aromatic carbocycles. The Labute approximate surface area is 309 Å². The van der Waals surface area contributed by atoms with Crippen LogP contribution in [0, 0.1) is 0 Å². The number of carbonyl (C=O) groups excluding carboxylic acids is 1. The summed E-state index contributed by atoms with van der Waals surface area (Å²) in [5.74, 6) is -0.160. The van der Waals surface area contributed by atoms with E-state index in [2.05, 4.69) is 98.2 Å². The van der Waals surface area contributed by atoms with Gasteiger partial charge in [-0.2, -0.15) is 0 Å². The fraction of sp³-hybridized carbons (Fsp3) is 0.630. The summed E-state index contributed by atoms with van der Waals surface area (Å²) in [6.07, 6.45) is 60.9. The lowest BCUT2D eigenvalue weighted by molar-refractivity contribution is -0.122. The first-order valence-corrected chi connectivity index (χ1v) is 20.5. The molecule has 0 bridgehead atoms. The van der Waals surface area contributed by atoms with Gasteiger partial charge in [0.15, 0.2) is 0 Å². The molecule has 2 atom stereocenters. The highest BCUT2D eigenvalue weighted by Crippen LogP contribution is 2.13. The lowest BCUT2D eigenvalue weighted by Gasteiger charge is -2.19. The molecule has 0 aliphatic rings. The van der Waals surface area contributed by atoms with E-state index in [4.69, 9.17) is 0 Å². The van der Waals surface area contributed by atoms with Gasteiger partial charge in [-0.1, -0.05) is 188 Å². The first kappa shape index (κ1) is 47.3. The maximum atomic E-state index is 12.3. The van der Waals surface area contributed by atoms with E-state index in [9.17, 15) is 15.0 Å². The second kappa shape index (κ2) is 40.7. The van der Waals surface area contributed by atoms with E-state index >= 15 is 0 Å². The first-order valence-electron chi connectivity index (χ1n) is 20.5. The maximum absolute atomic E-state index is 12.3. The SMILES string of the molecule is CC/C=C\C/C=C\C/C=C\C/C=C\C/C=C\C/C=C\CCC(=O)NC(CO)C(O)/C=C/CC/C=C/CCCCCCCCCCCCCCC. The number of allylic oxidation sites excluding steroid dienone is 15. The Morgan fingerprint density at radius 3 is 1.38 bits per heavy atom. The summed E-state index contributed by atoms with van der Waals surface area (Å²) in [6, 6.07) is -0.685. The van der Waals surface area contributed by atoms with Gasteiger partial charge in [-0.3, -0.25) is 4.79 Å². The maximum Gasteiger partial charge on any atom is 0.220 e. The summed E-state index contributed by atoms with van der Waals surface area (Å²) >= 11 is 0. The van der Waals surface area contributed by atoms with Crippen molar-refractivity contribution in [3.8, 4) is 0 Å². The Balaban J connectivity index is 3.81. The second-order valence-electron chi connectivity index (χ2n) is 13.3. The topological polar surface area (TPSA) is 69.6 Å². The fourth-order valence-electron chi connectivity index (χ4n) is 5.45. The molecule has 0 heterocycles. The van der Waals surface area contributed by atoms with Crippen molar-refractivity contribution in [1.29, 1.82) is 0 Å². The molecule has 2 unspecified atom stereocenters. The van der Waals surface area contributed by atoms with Crippen molar-refractivity contribution in [1.82, 2.24) is 5.32 Å². The monoisotopic (exact) mass is 692 g/mol. The summed E-state index contributed by atoms with van der Waals surface area (Å²) in [4.78, 5) is 12.3. The standard InChI is InChI=1S/C46H77NO3/c1-3-5-7-9-11-13-15-17-19-21-23-25-27-29-31-33-35-37-39-41-45(49)44(43-48)47-46(50)42-40-38-36-34-32-30-28-26-24-22-20-18-16-14-12-10-8-6-4-2/h6,8,12,14,18,20,24,26,30-33,36,38-39,41,44-45,48-49H,3-5,7,9-11,13,15-17,19,21-23,25,27-29,34-35,37,40,42-43H2,1-2H3,(H,47,50)/b8-6-,14-12-,20-18-,26-24-,32-30-,33-31+,38-36-,41-39+. The lowest BCUT2D eigenvalue weighted by atomic mass is 10.0. The van der Waals surface area contributed by atoms with Crippen LogP contribution in [0.15, 0.2) is 97.2 Å². The number of aliphatic hydroxyl groups is 2. The van der Waals surface area contributed by atoms with Crippen LogP contribution in [-0.2, 0) is 4.79 Å². The van der Waals surface area contributed by atoms with Crippen LogP contribution in [0.5, 0.6) is 0 Å². The van der Waals surface area contributed by atoms with Gasteiger partial charge < -0.3 is 15.5 Å². The van der Waals surface area contributed by atoms with E-state index in [1.807, 2.05) is 12.2 Å². The molecule has 4 nitrogen and oxygen atoms in total. The third-order valence-electron chi connectivity index (χ3n) is 8.56. The molecule has 0 spiro atoms. The molecule has 0 aliphatic heterocycles. The number of aliphatic hydroxyl groups excluding tert-OH is 2. The zero-order valence-electron chi connectivity index (χ0n) is 32.4. The van der Waals surface area contributed by atoms with E-state index in [0.29, 0.717) is 12.8 Å². The molecule has 0 fully saturated rings. The average molecular weight is 692 g/mol. The molecule has 0 rings (SSSR count). The number of nitrogens with one attached hydrogen (secondary N) is 1. The number of rotatable bonds is 35. The largest absolute Gasteiger partial charge is 0.394 e. The zero-order chi connectivity index (χ0) is 36.4. The van der Waals surface area contributed by atoms with E-state index in [0.717, 1.165) is 57.8 Å². The quantitative estimate of drug-likeness (QED) is 0.0458. The molecular formula is C46H77NO3. The average Bonchev–Trinajstić information content (AvgIpc) is 3.12. The predicted octanol–water partition coefficient (Wildman–Crippen LogP) is 12.7. The van der Waals surface area contributed by atoms with Crippen molar-refractivity contribution in [3.63, 3.8) is 0 Å². The van der Waals surface area contributed by atoms with Crippen molar-refractivity contribution in [2.45, 2.75) is 180 Å². The van der Waals surface area contributed by atoms with E-state index in [-0.39, 0.29) is 12.5 Å². The van der Waals surface area contributed by atoms with E-state index in [1.54, 1.807) is 6.08 Å². The van der Waals surface area contributed by atoms with Gasteiger partial charge in [0, 0.05) is 6.42 Å². The second-order valence-corrected chi connectivity index (χ2v) is 13.3. The van der Waals surface area contributed by atoms with Gasteiger partial charge >= 0.3 is 0 Å². The summed E-state index contributed by atoms with van der Waals surface area (Å²) in [7, 11) is 0. The molecule has 0 aromatic heterocycles. The van der Waals surface area contributed by atoms with Crippen molar-refractivity contribution in [2.24, 2.45) is 0 Å². The molecule has 0 saturated heterocycles. The number of carbonyl (C=O) groups is 1. The molecular weight excluding hydrogens is 615 g/mol. The molecule has 0 aliphatic carbocycles. The summed E-state index contributed by atoms with van der Waals surface area (Å²) in [5.41, 5.74) is 0.